The molecule has 0 saturated carbocycles. The third kappa shape index (κ3) is 4.99. The van der Waals surface area contributed by atoms with Crippen LogP contribution in [-0.4, -0.2) is 27.5 Å². The molecule has 0 aliphatic carbocycles. The lowest BCUT2D eigenvalue weighted by atomic mass is 9.88. The summed E-state index contributed by atoms with van der Waals surface area (Å²) < 4.78 is 1.87. The average molecular weight is 287 g/mol. The molecular weight excluding hydrogens is 262 g/mol. The number of hydrogen-bond donors (Lipinski definition) is 2. The fraction of sp³-hybridized carbons (Fsp3) is 0.471. The molecule has 0 radical (unpaired) electrons. The second-order valence-electron chi connectivity index (χ2n) is 6.61. The van der Waals surface area contributed by atoms with Crippen LogP contribution in [0.25, 0.3) is 5.69 Å². The zero-order chi connectivity index (χ0) is 15.3. The predicted molar refractivity (Wildman–Crippen MR) is 85.3 cm³/mol. The molecule has 4 heteroatoms. The van der Waals surface area contributed by atoms with E-state index >= 15 is 0 Å². The quantitative estimate of drug-likeness (QED) is 0.859. The van der Waals surface area contributed by atoms with Gasteiger partial charge in [0, 0.05) is 18.8 Å². The Labute approximate surface area is 126 Å². The minimum atomic E-state index is 0.104. The van der Waals surface area contributed by atoms with Gasteiger partial charge < -0.3 is 10.4 Å². The first-order chi connectivity index (χ1) is 9.98. The molecule has 0 saturated heterocycles. The van der Waals surface area contributed by atoms with Crippen LogP contribution in [0.2, 0.25) is 0 Å². The molecule has 21 heavy (non-hydrogen) atoms. The Hall–Kier alpha value is -1.65. The van der Waals surface area contributed by atoms with E-state index in [0.29, 0.717) is 6.54 Å². The van der Waals surface area contributed by atoms with Crippen LogP contribution in [0, 0.1) is 5.41 Å². The summed E-state index contributed by atoms with van der Waals surface area (Å²) in [7, 11) is 0. The third-order valence-electron chi connectivity index (χ3n) is 3.32. The minimum absolute atomic E-state index is 0.104. The Morgan fingerprint density at radius 1 is 1.19 bits per heavy atom. The molecule has 0 aliphatic heterocycles. The maximum absolute atomic E-state index is 9.46. The minimum Gasteiger partial charge on any atom is -0.395 e. The van der Waals surface area contributed by atoms with Crippen molar-refractivity contribution in [1.82, 2.24) is 15.1 Å². The number of aromatic nitrogens is 2. The van der Waals surface area contributed by atoms with Crippen LogP contribution in [0.4, 0.5) is 0 Å². The number of nitrogens with one attached hydrogen (secondary N) is 1. The standard InChI is InChI=1S/C17H25N3O/c1-17(2,3)11-15(13-21)18-12-14-9-10-20(19-14)16-7-5-4-6-8-16/h4-10,15,18,21H,11-13H2,1-3H3. The number of benzene rings is 1. The molecule has 1 atom stereocenters. The molecular formula is C17H25N3O. The Kier molecular flexibility index (Phi) is 5.15. The lowest BCUT2D eigenvalue weighted by Gasteiger charge is -2.25. The Balaban J connectivity index is 1.94. The first-order valence-corrected chi connectivity index (χ1v) is 7.42. The first kappa shape index (κ1) is 15.7. The van der Waals surface area contributed by atoms with E-state index in [2.05, 4.69) is 31.2 Å². The van der Waals surface area contributed by atoms with Gasteiger partial charge in [0.2, 0.25) is 0 Å². The fourth-order valence-corrected chi connectivity index (χ4v) is 2.37. The van der Waals surface area contributed by atoms with Gasteiger partial charge in [0.15, 0.2) is 0 Å². The van der Waals surface area contributed by atoms with Gasteiger partial charge in [0.1, 0.15) is 0 Å². The molecule has 1 aromatic heterocycles. The molecule has 2 aromatic rings. The smallest absolute Gasteiger partial charge is 0.0766 e. The maximum atomic E-state index is 9.46. The highest BCUT2D eigenvalue weighted by atomic mass is 16.3. The van der Waals surface area contributed by atoms with E-state index in [1.165, 1.54) is 0 Å². The van der Waals surface area contributed by atoms with Gasteiger partial charge in [-0.1, -0.05) is 39.0 Å². The molecule has 0 amide bonds. The molecule has 1 unspecified atom stereocenters. The highest BCUT2D eigenvalue weighted by Gasteiger charge is 2.17. The summed E-state index contributed by atoms with van der Waals surface area (Å²) in [4.78, 5) is 0. The number of rotatable bonds is 6. The Morgan fingerprint density at radius 3 is 2.52 bits per heavy atom. The third-order valence-corrected chi connectivity index (χ3v) is 3.32. The van der Waals surface area contributed by atoms with E-state index < -0.39 is 0 Å². The summed E-state index contributed by atoms with van der Waals surface area (Å²) in [6.07, 6.45) is 2.90. The molecule has 0 fully saturated rings. The number of nitrogens with zero attached hydrogens (tertiary/aromatic N) is 2. The summed E-state index contributed by atoms with van der Waals surface area (Å²) in [5.41, 5.74) is 2.23. The summed E-state index contributed by atoms with van der Waals surface area (Å²) in [6, 6.07) is 12.2. The molecule has 2 N–H and O–H groups in total. The summed E-state index contributed by atoms with van der Waals surface area (Å²) >= 11 is 0. The van der Waals surface area contributed by atoms with Crippen LogP contribution in [0.3, 0.4) is 0 Å². The van der Waals surface area contributed by atoms with Gasteiger partial charge in [-0.15, -0.1) is 0 Å². The van der Waals surface area contributed by atoms with E-state index in [1.54, 1.807) is 0 Å². The normalized spacial score (nSPS) is 13.3. The average Bonchev–Trinajstić information content (AvgIpc) is 2.92. The van der Waals surface area contributed by atoms with Crippen molar-refractivity contribution in [2.45, 2.75) is 39.8 Å². The summed E-state index contributed by atoms with van der Waals surface area (Å²) in [6.45, 7) is 7.36. The van der Waals surface area contributed by atoms with Gasteiger partial charge in [-0.3, -0.25) is 0 Å². The topological polar surface area (TPSA) is 50.1 Å². The van der Waals surface area contributed by atoms with Gasteiger partial charge >= 0.3 is 0 Å². The Bertz CT molecular complexity index is 543. The largest absolute Gasteiger partial charge is 0.395 e. The fourth-order valence-electron chi connectivity index (χ4n) is 2.37. The van der Waals surface area contributed by atoms with Gasteiger partial charge in [0.05, 0.1) is 18.0 Å². The molecule has 1 heterocycles. The lowest BCUT2D eigenvalue weighted by Crippen LogP contribution is -2.35. The SMILES string of the molecule is CC(C)(C)CC(CO)NCc1ccn(-c2ccccc2)n1. The number of para-hydroxylation sites is 1. The van der Waals surface area contributed by atoms with Gasteiger partial charge in [-0.25, -0.2) is 4.68 Å². The second-order valence-corrected chi connectivity index (χ2v) is 6.61. The van der Waals surface area contributed by atoms with Crippen molar-refractivity contribution in [3.8, 4) is 5.69 Å². The zero-order valence-electron chi connectivity index (χ0n) is 13.1. The summed E-state index contributed by atoms with van der Waals surface area (Å²) in [5.74, 6) is 0. The van der Waals surface area contributed by atoms with Crippen molar-refractivity contribution in [2.75, 3.05) is 6.61 Å². The molecule has 114 valence electrons. The molecule has 0 spiro atoms. The van der Waals surface area contributed by atoms with Crippen molar-refractivity contribution >= 4 is 0 Å². The van der Waals surface area contributed by atoms with Crippen molar-refractivity contribution in [1.29, 1.82) is 0 Å². The second kappa shape index (κ2) is 6.87. The van der Waals surface area contributed by atoms with E-state index in [9.17, 15) is 5.11 Å². The monoisotopic (exact) mass is 287 g/mol. The van der Waals surface area contributed by atoms with E-state index in [-0.39, 0.29) is 18.1 Å². The van der Waals surface area contributed by atoms with Gasteiger partial charge in [-0.2, -0.15) is 5.10 Å². The van der Waals surface area contributed by atoms with Crippen LogP contribution < -0.4 is 5.32 Å². The van der Waals surface area contributed by atoms with Crippen LogP contribution in [-0.2, 0) is 6.54 Å². The van der Waals surface area contributed by atoms with Crippen LogP contribution in [0.15, 0.2) is 42.6 Å². The summed E-state index contributed by atoms with van der Waals surface area (Å²) in [5, 5.41) is 17.4. The van der Waals surface area contributed by atoms with Crippen LogP contribution >= 0.6 is 0 Å². The highest BCUT2D eigenvalue weighted by molar-refractivity contribution is 5.30. The molecule has 4 nitrogen and oxygen atoms in total. The van der Waals surface area contributed by atoms with E-state index in [4.69, 9.17) is 0 Å². The van der Waals surface area contributed by atoms with Crippen molar-refractivity contribution in [3.05, 3.63) is 48.3 Å². The Morgan fingerprint density at radius 2 is 1.90 bits per heavy atom. The van der Waals surface area contributed by atoms with Gasteiger partial charge in [0.25, 0.3) is 0 Å². The predicted octanol–water partition coefficient (Wildman–Crippen LogP) is 2.76. The number of aliphatic hydroxyl groups is 1. The lowest BCUT2D eigenvalue weighted by molar-refractivity contribution is 0.197. The van der Waals surface area contributed by atoms with E-state index in [0.717, 1.165) is 17.8 Å². The molecule has 2 rings (SSSR count). The first-order valence-electron chi connectivity index (χ1n) is 7.42. The van der Waals surface area contributed by atoms with E-state index in [1.807, 2.05) is 47.3 Å². The van der Waals surface area contributed by atoms with Crippen molar-refractivity contribution < 1.29 is 5.11 Å². The molecule has 1 aromatic carbocycles. The highest BCUT2D eigenvalue weighted by Crippen LogP contribution is 2.20. The zero-order valence-corrected chi connectivity index (χ0v) is 13.1. The number of aliphatic hydroxyl groups excluding tert-OH is 1. The molecule has 0 aliphatic rings. The molecule has 0 bridgehead atoms. The number of hydrogen-bond acceptors (Lipinski definition) is 3. The van der Waals surface area contributed by atoms with Crippen LogP contribution in [0.1, 0.15) is 32.9 Å². The van der Waals surface area contributed by atoms with Crippen molar-refractivity contribution in [2.24, 2.45) is 5.41 Å². The van der Waals surface area contributed by atoms with Crippen molar-refractivity contribution in [3.63, 3.8) is 0 Å². The van der Waals surface area contributed by atoms with Crippen LogP contribution in [0.5, 0.6) is 0 Å². The maximum Gasteiger partial charge on any atom is 0.0766 e. The van der Waals surface area contributed by atoms with Gasteiger partial charge in [-0.05, 0) is 30.0 Å².